The van der Waals surface area contributed by atoms with Crippen LogP contribution in [0.15, 0.2) is 41.2 Å². The highest BCUT2D eigenvalue weighted by atomic mass is 16.2. The van der Waals surface area contributed by atoms with Crippen molar-refractivity contribution in [3.63, 3.8) is 0 Å². The molecule has 0 saturated carbocycles. The number of aromatic nitrogens is 3. The molecule has 24 heavy (non-hydrogen) atoms. The quantitative estimate of drug-likeness (QED) is 0.784. The summed E-state index contributed by atoms with van der Waals surface area (Å²) < 4.78 is 1.45. The maximum absolute atomic E-state index is 12.4. The number of carbonyl (C=O) groups excluding carboxylic acids is 1. The highest BCUT2D eigenvalue weighted by Gasteiger charge is 2.29. The predicted molar refractivity (Wildman–Crippen MR) is 91.0 cm³/mol. The van der Waals surface area contributed by atoms with Gasteiger partial charge in [-0.15, -0.1) is 0 Å². The van der Waals surface area contributed by atoms with E-state index in [1.165, 1.54) is 10.6 Å². The average Bonchev–Trinajstić information content (AvgIpc) is 3.12. The Morgan fingerprint density at radius 2 is 2.04 bits per heavy atom. The molecule has 6 nitrogen and oxygen atoms in total. The fourth-order valence-corrected chi connectivity index (χ4v) is 3.24. The van der Waals surface area contributed by atoms with Crippen molar-refractivity contribution in [3.05, 3.63) is 58.0 Å². The third kappa shape index (κ3) is 2.40. The number of fused-ring (bicyclic) bond motifs is 1. The number of aromatic amines is 1. The van der Waals surface area contributed by atoms with Crippen LogP contribution in [0.5, 0.6) is 0 Å². The minimum absolute atomic E-state index is 0.0162. The zero-order valence-corrected chi connectivity index (χ0v) is 13.6. The summed E-state index contributed by atoms with van der Waals surface area (Å²) in [6, 6.07) is 11.5. The summed E-state index contributed by atoms with van der Waals surface area (Å²) in [7, 11) is 1.78. The van der Waals surface area contributed by atoms with Crippen molar-refractivity contribution in [2.24, 2.45) is 0 Å². The molecular formula is C18H18N4O2. The molecule has 1 unspecified atom stereocenters. The van der Waals surface area contributed by atoms with Crippen molar-refractivity contribution in [2.45, 2.75) is 19.3 Å². The molecule has 6 heteroatoms. The fraction of sp³-hybridized carbons (Fsp3) is 0.278. The lowest BCUT2D eigenvalue weighted by Gasteiger charge is -2.09. The van der Waals surface area contributed by atoms with Crippen LogP contribution in [0.25, 0.3) is 16.9 Å². The summed E-state index contributed by atoms with van der Waals surface area (Å²) in [4.78, 5) is 30.5. The van der Waals surface area contributed by atoms with Gasteiger partial charge in [0, 0.05) is 38.1 Å². The van der Waals surface area contributed by atoms with E-state index >= 15 is 0 Å². The summed E-state index contributed by atoms with van der Waals surface area (Å²) in [6.45, 7) is 2.64. The van der Waals surface area contributed by atoms with E-state index in [0.717, 1.165) is 16.8 Å². The lowest BCUT2D eigenvalue weighted by Crippen LogP contribution is -2.20. The molecule has 0 bridgehead atoms. The van der Waals surface area contributed by atoms with Gasteiger partial charge in [0.05, 0.1) is 11.4 Å². The van der Waals surface area contributed by atoms with Crippen molar-refractivity contribution in [1.82, 2.24) is 19.5 Å². The maximum atomic E-state index is 12.4. The Hall–Kier alpha value is -2.89. The smallest absolute Gasteiger partial charge is 0.272 e. The molecule has 1 aliphatic rings. The van der Waals surface area contributed by atoms with Gasteiger partial charge in [-0.2, -0.15) is 0 Å². The number of rotatable bonds is 2. The Kier molecular flexibility index (Phi) is 3.26. The summed E-state index contributed by atoms with van der Waals surface area (Å²) in [5.41, 5.74) is 4.12. The van der Waals surface area contributed by atoms with E-state index in [4.69, 9.17) is 0 Å². The molecule has 3 aromatic rings. The average molecular weight is 322 g/mol. The summed E-state index contributed by atoms with van der Waals surface area (Å²) in [5, 5.41) is 3.11. The van der Waals surface area contributed by atoms with Crippen LogP contribution >= 0.6 is 0 Å². The Morgan fingerprint density at radius 1 is 1.21 bits per heavy atom. The SMILES string of the molecule is Cc1cccc(-c2cc3nc(C4CC(=O)N(C)C4)cc(=O)n3[nH]2)c1. The van der Waals surface area contributed by atoms with Crippen LogP contribution in [0, 0.1) is 6.92 Å². The van der Waals surface area contributed by atoms with E-state index in [2.05, 4.69) is 16.1 Å². The van der Waals surface area contributed by atoms with E-state index in [1.54, 1.807) is 11.9 Å². The molecule has 1 aromatic carbocycles. The first-order chi connectivity index (χ1) is 11.5. The van der Waals surface area contributed by atoms with Gasteiger partial charge in [0.15, 0.2) is 5.65 Å². The van der Waals surface area contributed by atoms with Crippen LogP contribution in [-0.2, 0) is 4.79 Å². The van der Waals surface area contributed by atoms with Crippen LogP contribution in [0.3, 0.4) is 0 Å². The van der Waals surface area contributed by atoms with Crippen LogP contribution in [0.4, 0.5) is 0 Å². The minimum Gasteiger partial charge on any atom is -0.345 e. The normalized spacial score (nSPS) is 17.8. The molecule has 1 amide bonds. The molecule has 1 atom stereocenters. The number of hydrogen-bond donors (Lipinski definition) is 1. The number of likely N-dealkylation sites (N-methyl/N-ethyl adjacent to an activating group) is 1. The van der Waals surface area contributed by atoms with Crippen molar-refractivity contribution < 1.29 is 4.79 Å². The number of amides is 1. The lowest BCUT2D eigenvalue weighted by atomic mass is 10.0. The highest BCUT2D eigenvalue weighted by molar-refractivity contribution is 5.79. The second-order valence-corrected chi connectivity index (χ2v) is 6.43. The van der Waals surface area contributed by atoms with Crippen molar-refractivity contribution in [2.75, 3.05) is 13.6 Å². The summed E-state index contributed by atoms with van der Waals surface area (Å²) >= 11 is 0. The number of benzene rings is 1. The first kappa shape index (κ1) is 14.7. The highest BCUT2D eigenvalue weighted by Crippen LogP contribution is 2.26. The molecule has 1 fully saturated rings. The van der Waals surface area contributed by atoms with Gasteiger partial charge in [0.25, 0.3) is 5.56 Å². The molecular weight excluding hydrogens is 304 g/mol. The molecule has 1 aliphatic heterocycles. The van der Waals surface area contributed by atoms with E-state index < -0.39 is 0 Å². The van der Waals surface area contributed by atoms with Gasteiger partial charge in [0.1, 0.15) is 0 Å². The molecule has 4 rings (SSSR count). The van der Waals surface area contributed by atoms with E-state index in [0.29, 0.717) is 24.3 Å². The predicted octanol–water partition coefficient (Wildman–Crippen LogP) is 1.94. The minimum atomic E-state index is -0.157. The van der Waals surface area contributed by atoms with E-state index in [9.17, 15) is 9.59 Å². The fourth-order valence-electron chi connectivity index (χ4n) is 3.24. The van der Waals surface area contributed by atoms with Crippen molar-refractivity contribution in [3.8, 4) is 11.3 Å². The third-order valence-electron chi connectivity index (χ3n) is 4.56. The second kappa shape index (κ2) is 5.33. The molecule has 0 spiro atoms. The molecule has 1 saturated heterocycles. The van der Waals surface area contributed by atoms with Gasteiger partial charge in [-0.05, 0) is 18.6 Å². The van der Waals surface area contributed by atoms with Gasteiger partial charge in [-0.25, -0.2) is 9.50 Å². The first-order valence-corrected chi connectivity index (χ1v) is 7.95. The Morgan fingerprint density at radius 3 is 2.75 bits per heavy atom. The van der Waals surface area contributed by atoms with E-state index in [1.807, 2.05) is 31.2 Å². The van der Waals surface area contributed by atoms with Crippen LogP contribution in [0.2, 0.25) is 0 Å². The molecule has 0 aliphatic carbocycles. The summed E-state index contributed by atoms with van der Waals surface area (Å²) in [5.74, 6) is 0.0778. The maximum Gasteiger partial charge on any atom is 0.272 e. The Balaban J connectivity index is 1.79. The monoisotopic (exact) mass is 322 g/mol. The topological polar surface area (TPSA) is 70.5 Å². The zero-order valence-electron chi connectivity index (χ0n) is 13.6. The number of hydrogen-bond acceptors (Lipinski definition) is 3. The number of nitrogens with one attached hydrogen (secondary N) is 1. The molecule has 2 aromatic heterocycles. The molecule has 0 radical (unpaired) electrons. The number of carbonyl (C=O) groups is 1. The zero-order chi connectivity index (χ0) is 16.8. The molecule has 3 heterocycles. The number of likely N-dealkylation sites (tertiary alicyclic amines) is 1. The van der Waals surface area contributed by atoms with Gasteiger partial charge in [-0.3, -0.25) is 14.7 Å². The molecule has 1 N–H and O–H groups in total. The second-order valence-electron chi connectivity index (χ2n) is 6.43. The van der Waals surface area contributed by atoms with Gasteiger partial charge in [-0.1, -0.05) is 23.8 Å². The first-order valence-electron chi connectivity index (χ1n) is 7.95. The Bertz CT molecular complexity index is 1000. The summed E-state index contributed by atoms with van der Waals surface area (Å²) in [6.07, 6.45) is 0.411. The molecule has 122 valence electrons. The number of H-pyrrole nitrogens is 1. The largest absolute Gasteiger partial charge is 0.345 e. The number of nitrogens with zero attached hydrogens (tertiary/aromatic N) is 3. The van der Waals surface area contributed by atoms with Crippen molar-refractivity contribution >= 4 is 11.6 Å². The van der Waals surface area contributed by atoms with Gasteiger partial charge in [0.2, 0.25) is 5.91 Å². The van der Waals surface area contributed by atoms with E-state index in [-0.39, 0.29) is 17.4 Å². The van der Waals surface area contributed by atoms with Gasteiger partial charge >= 0.3 is 0 Å². The third-order valence-corrected chi connectivity index (χ3v) is 4.56. The van der Waals surface area contributed by atoms with Crippen LogP contribution in [0.1, 0.15) is 23.6 Å². The lowest BCUT2D eigenvalue weighted by molar-refractivity contribution is -0.126. The number of aryl methyl sites for hydroxylation is 1. The van der Waals surface area contributed by atoms with Gasteiger partial charge < -0.3 is 4.90 Å². The van der Waals surface area contributed by atoms with Crippen LogP contribution < -0.4 is 5.56 Å². The van der Waals surface area contributed by atoms with Crippen LogP contribution in [-0.4, -0.2) is 39.0 Å². The van der Waals surface area contributed by atoms with Crippen molar-refractivity contribution in [1.29, 1.82) is 0 Å². The Labute approximate surface area is 138 Å². The standard InChI is InChI=1S/C18H18N4O2/c1-11-4-3-5-12(6-11)15-8-16-19-14(9-18(24)22(16)20-15)13-7-17(23)21(2)10-13/h3-6,8-9,13,20H,7,10H2,1-2H3.